The molecule has 0 fully saturated rings. The fourth-order valence-corrected chi connectivity index (χ4v) is 3.12. The van der Waals surface area contributed by atoms with E-state index < -0.39 is 22.9 Å². The second-order valence-electron chi connectivity index (χ2n) is 6.42. The number of pyridine rings is 1. The van der Waals surface area contributed by atoms with E-state index in [4.69, 9.17) is 11.6 Å². The summed E-state index contributed by atoms with van der Waals surface area (Å²) in [6.45, 7) is 0.938. The minimum Gasteiger partial charge on any atom is -0.324 e. The molecule has 3 rings (SSSR count). The average molecular weight is 426 g/mol. The zero-order valence-electron chi connectivity index (χ0n) is 15.8. The smallest absolute Gasteiger partial charge is 0.288 e. The lowest BCUT2D eigenvalue weighted by molar-refractivity contribution is -0.386. The first-order chi connectivity index (χ1) is 14.3. The van der Waals surface area contributed by atoms with Crippen molar-refractivity contribution >= 4 is 34.7 Å². The summed E-state index contributed by atoms with van der Waals surface area (Å²) in [5, 5.41) is 14.0. The van der Waals surface area contributed by atoms with Crippen LogP contribution in [0.15, 0.2) is 65.5 Å². The average Bonchev–Trinajstić information content (AvgIpc) is 2.72. The zero-order valence-corrected chi connectivity index (χ0v) is 16.6. The van der Waals surface area contributed by atoms with Crippen LogP contribution in [0, 0.1) is 17.0 Å². The molecule has 0 spiro atoms. The van der Waals surface area contributed by atoms with Gasteiger partial charge in [-0.2, -0.15) is 0 Å². The van der Waals surface area contributed by atoms with Gasteiger partial charge in [-0.3, -0.25) is 29.1 Å². The monoisotopic (exact) mass is 425 g/mol. The van der Waals surface area contributed by atoms with Crippen molar-refractivity contribution in [1.29, 1.82) is 0 Å². The van der Waals surface area contributed by atoms with Crippen molar-refractivity contribution < 1.29 is 14.5 Å². The third-order valence-corrected chi connectivity index (χ3v) is 4.70. The Hall–Kier alpha value is -3.78. The molecule has 9 heteroatoms. The van der Waals surface area contributed by atoms with E-state index in [0.29, 0.717) is 10.6 Å². The lowest BCUT2D eigenvalue weighted by atomic mass is 10.0. The number of amides is 1. The molecule has 0 radical (unpaired) electrons. The van der Waals surface area contributed by atoms with E-state index in [2.05, 4.69) is 5.32 Å². The SMILES string of the molecule is Cc1c([N+](=O)[O-])ccc(=O)n1CC(=O)Nc1ccc(Cl)cc1C(=O)c1ccccc1. The van der Waals surface area contributed by atoms with E-state index >= 15 is 0 Å². The van der Waals surface area contributed by atoms with E-state index in [1.54, 1.807) is 30.3 Å². The van der Waals surface area contributed by atoms with Crippen LogP contribution in [0.5, 0.6) is 0 Å². The maximum absolute atomic E-state index is 12.8. The normalized spacial score (nSPS) is 10.5. The summed E-state index contributed by atoms with van der Waals surface area (Å²) in [6.07, 6.45) is 0. The summed E-state index contributed by atoms with van der Waals surface area (Å²) in [4.78, 5) is 48.0. The number of rotatable bonds is 6. The Labute approximate surface area is 175 Å². The zero-order chi connectivity index (χ0) is 21.8. The maximum Gasteiger partial charge on any atom is 0.288 e. The van der Waals surface area contributed by atoms with Gasteiger partial charge >= 0.3 is 0 Å². The van der Waals surface area contributed by atoms with Gasteiger partial charge in [0.15, 0.2) is 5.78 Å². The highest BCUT2D eigenvalue weighted by Gasteiger charge is 2.19. The molecule has 0 aliphatic rings. The molecule has 1 amide bonds. The van der Waals surface area contributed by atoms with Crippen LogP contribution >= 0.6 is 11.6 Å². The van der Waals surface area contributed by atoms with Gasteiger partial charge < -0.3 is 5.32 Å². The second-order valence-corrected chi connectivity index (χ2v) is 6.86. The number of benzene rings is 2. The molecule has 1 aromatic heterocycles. The molecule has 0 atom stereocenters. The van der Waals surface area contributed by atoms with Gasteiger partial charge in [-0.25, -0.2) is 0 Å². The predicted octanol–water partition coefficient (Wildman–Crippen LogP) is 3.59. The number of nitro groups is 1. The highest BCUT2D eigenvalue weighted by atomic mass is 35.5. The number of hydrogen-bond donors (Lipinski definition) is 1. The van der Waals surface area contributed by atoms with Crippen LogP contribution in [-0.2, 0) is 11.3 Å². The van der Waals surface area contributed by atoms with Crippen molar-refractivity contribution in [2.75, 3.05) is 5.32 Å². The number of hydrogen-bond acceptors (Lipinski definition) is 5. The number of carbonyl (C=O) groups excluding carboxylic acids is 2. The van der Waals surface area contributed by atoms with Crippen molar-refractivity contribution in [3.05, 3.63) is 103 Å². The first kappa shape index (κ1) is 20.9. The number of aromatic nitrogens is 1. The fraction of sp³-hybridized carbons (Fsp3) is 0.0952. The third kappa shape index (κ3) is 4.44. The first-order valence-corrected chi connectivity index (χ1v) is 9.19. The molecule has 1 N–H and O–H groups in total. The largest absolute Gasteiger partial charge is 0.324 e. The van der Waals surface area contributed by atoms with E-state index in [-0.39, 0.29) is 28.4 Å². The Kier molecular flexibility index (Phi) is 6.08. The van der Waals surface area contributed by atoms with Crippen molar-refractivity contribution in [2.45, 2.75) is 13.5 Å². The van der Waals surface area contributed by atoms with Crippen LogP contribution in [0.2, 0.25) is 5.02 Å². The lowest BCUT2D eigenvalue weighted by Crippen LogP contribution is -2.29. The molecule has 1 heterocycles. The number of ketones is 1. The number of nitrogens with one attached hydrogen (secondary N) is 1. The van der Waals surface area contributed by atoms with Gasteiger partial charge in [0.05, 0.1) is 16.3 Å². The number of carbonyl (C=O) groups is 2. The van der Waals surface area contributed by atoms with Gasteiger partial charge in [-0.1, -0.05) is 41.9 Å². The van der Waals surface area contributed by atoms with Crippen LogP contribution in [0.3, 0.4) is 0 Å². The lowest BCUT2D eigenvalue weighted by Gasteiger charge is -2.13. The van der Waals surface area contributed by atoms with Gasteiger partial charge in [0.1, 0.15) is 6.54 Å². The standard InChI is InChI=1S/C21H16ClN3O5/c1-13-18(25(29)30)9-10-20(27)24(13)12-19(26)23-17-8-7-15(22)11-16(17)21(28)14-5-3-2-4-6-14/h2-11H,12H2,1H3,(H,23,26). The first-order valence-electron chi connectivity index (χ1n) is 8.82. The highest BCUT2D eigenvalue weighted by Crippen LogP contribution is 2.24. The van der Waals surface area contributed by atoms with E-state index in [1.165, 1.54) is 25.1 Å². The van der Waals surface area contributed by atoms with Crippen LogP contribution in [0.25, 0.3) is 0 Å². The molecule has 3 aromatic rings. The molecule has 0 aliphatic heterocycles. The van der Waals surface area contributed by atoms with E-state index in [9.17, 15) is 24.5 Å². The Morgan fingerprint density at radius 1 is 1.10 bits per heavy atom. The van der Waals surface area contributed by atoms with Gasteiger partial charge in [-0.15, -0.1) is 0 Å². The van der Waals surface area contributed by atoms with Crippen molar-refractivity contribution in [3.63, 3.8) is 0 Å². The minimum absolute atomic E-state index is 0.0549. The summed E-state index contributed by atoms with van der Waals surface area (Å²) in [5.41, 5.74) is 0.0543. The minimum atomic E-state index is -0.626. The molecular formula is C21H16ClN3O5. The molecule has 30 heavy (non-hydrogen) atoms. The Bertz CT molecular complexity index is 1210. The van der Waals surface area contributed by atoms with Crippen LogP contribution in [0.4, 0.5) is 11.4 Å². The van der Waals surface area contributed by atoms with Gasteiger partial charge in [-0.05, 0) is 25.1 Å². The van der Waals surface area contributed by atoms with Crippen molar-refractivity contribution in [2.24, 2.45) is 0 Å². The summed E-state index contributed by atoms with van der Waals surface area (Å²) in [5.74, 6) is -0.956. The second kappa shape index (κ2) is 8.71. The molecule has 0 unspecified atom stereocenters. The Morgan fingerprint density at radius 2 is 1.80 bits per heavy atom. The van der Waals surface area contributed by atoms with Crippen LogP contribution in [-0.4, -0.2) is 21.2 Å². The Balaban J connectivity index is 1.90. The predicted molar refractivity (Wildman–Crippen MR) is 112 cm³/mol. The van der Waals surface area contributed by atoms with Crippen molar-refractivity contribution in [3.8, 4) is 0 Å². The van der Waals surface area contributed by atoms with E-state index in [0.717, 1.165) is 16.7 Å². The van der Waals surface area contributed by atoms with Gasteiger partial charge in [0.2, 0.25) is 5.91 Å². The van der Waals surface area contributed by atoms with Crippen LogP contribution < -0.4 is 10.9 Å². The Morgan fingerprint density at radius 3 is 2.47 bits per heavy atom. The van der Waals surface area contributed by atoms with Gasteiger partial charge in [0, 0.05) is 28.3 Å². The summed E-state index contributed by atoms with van der Waals surface area (Å²) < 4.78 is 1.00. The molecule has 0 aliphatic carbocycles. The molecular weight excluding hydrogens is 410 g/mol. The number of halogens is 1. The van der Waals surface area contributed by atoms with Crippen molar-refractivity contribution in [1.82, 2.24) is 4.57 Å². The molecule has 8 nitrogen and oxygen atoms in total. The highest BCUT2D eigenvalue weighted by molar-refractivity contribution is 6.31. The molecule has 0 saturated carbocycles. The topological polar surface area (TPSA) is 111 Å². The molecule has 0 saturated heterocycles. The summed E-state index contributed by atoms with van der Waals surface area (Å²) >= 11 is 6.03. The summed E-state index contributed by atoms with van der Waals surface area (Å²) in [7, 11) is 0. The maximum atomic E-state index is 12.8. The number of nitrogens with zero attached hydrogens (tertiary/aromatic N) is 2. The molecule has 0 bridgehead atoms. The van der Waals surface area contributed by atoms with E-state index in [1.807, 2.05) is 0 Å². The van der Waals surface area contributed by atoms with Gasteiger partial charge in [0.25, 0.3) is 11.2 Å². The summed E-state index contributed by atoms with van der Waals surface area (Å²) in [6, 6.07) is 15.1. The number of anilines is 1. The van der Waals surface area contributed by atoms with Crippen LogP contribution in [0.1, 0.15) is 21.6 Å². The molecule has 2 aromatic carbocycles. The fourth-order valence-electron chi connectivity index (χ4n) is 2.95. The quantitative estimate of drug-likeness (QED) is 0.368. The molecule has 152 valence electrons. The third-order valence-electron chi connectivity index (χ3n) is 4.46.